The number of ether oxygens (including phenoxy) is 1. The Morgan fingerprint density at radius 1 is 1.52 bits per heavy atom. The number of hydrogen-bond donors (Lipinski definition) is 1. The molecule has 0 aromatic rings. The van der Waals surface area contributed by atoms with E-state index in [4.69, 9.17) is 4.74 Å². The van der Waals surface area contributed by atoms with Gasteiger partial charge in [-0.25, -0.2) is 0 Å². The highest BCUT2D eigenvalue weighted by molar-refractivity contribution is 5.79. The van der Waals surface area contributed by atoms with Crippen LogP contribution in [0.2, 0.25) is 0 Å². The maximum absolute atomic E-state index is 12.2. The van der Waals surface area contributed by atoms with Gasteiger partial charge in [-0.1, -0.05) is 0 Å². The predicted molar refractivity (Wildman–Crippen MR) is 79.6 cm³/mol. The molecule has 1 saturated heterocycles. The third-order valence-corrected chi connectivity index (χ3v) is 4.18. The molecule has 2 aliphatic rings. The SMILES string of the molecule is CN(C)C[C@@H]1CN(CC(=O)N[C@@](C)(C#N)C2CC2)CCO1. The summed E-state index contributed by atoms with van der Waals surface area (Å²) in [5.41, 5.74) is -0.702. The van der Waals surface area contributed by atoms with Crippen molar-refractivity contribution in [3.8, 4) is 6.07 Å². The summed E-state index contributed by atoms with van der Waals surface area (Å²) in [6.45, 7) is 5.22. The number of carbonyl (C=O) groups is 1. The average Bonchev–Trinajstić information content (AvgIpc) is 3.22. The molecule has 0 bridgehead atoms. The van der Waals surface area contributed by atoms with Crippen molar-refractivity contribution in [3.05, 3.63) is 0 Å². The number of rotatable bonds is 6. The highest BCUT2D eigenvalue weighted by atomic mass is 16.5. The molecular formula is C15H26N4O2. The Kier molecular flexibility index (Phi) is 5.20. The number of likely N-dealkylation sites (N-methyl/N-ethyl adjacent to an activating group) is 1. The minimum absolute atomic E-state index is 0.0588. The van der Waals surface area contributed by atoms with Gasteiger partial charge in [0.25, 0.3) is 0 Å². The molecular weight excluding hydrogens is 268 g/mol. The van der Waals surface area contributed by atoms with Crippen molar-refractivity contribution in [3.63, 3.8) is 0 Å². The Bertz CT molecular complexity index is 416. The van der Waals surface area contributed by atoms with E-state index in [1.165, 1.54) is 0 Å². The number of nitrogens with zero attached hydrogens (tertiary/aromatic N) is 3. The van der Waals surface area contributed by atoms with Crippen LogP contribution in [0.1, 0.15) is 19.8 Å². The van der Waals surface area contributed by atoms with E-state index in [0.29, 0.717) is 19.1 Å². The quantitative estimate of drug-likeness (QED) is 0.750. The van der Waals surface area contributed by atoms with Gasteiger partial charge in [0.1, 0.15) is 5.54 Å². The zero-order chi connectivity index (χ0) is 15.5. The second kappa shape index (κ2) is 6.73. The summed E-state index contributed by atoms with van der Waals surface area (Å²) < 4.78 is 5.70. The minimum atomic E-state index is -0.702. The second-order valence-corrected chi connectivity index (χ2v) is 6.63. The molecule has 6 nitrogen and oxygen atoms in total. The topological polar surface area (TPSA) is 68.6 Å². The smallest absolute Gasteiger partial charge is 0.235 e. The number of carbonyl (C=O) groups excluding carboxylic acids is 1. The fraction of sp³-hybridized carbons (Fsp3) is 0.867. The van der Waals surface area contributed by atoms with Crippen LogP contribution in [0.3, 0.4) is 0 Å². The third-order valence-electron chi connectivity index (χ3n) is 4.18. The van der Waals surface area contributed by atoms with Crippen molar-refractivity contribution in [1.29, 1.82) is 5.26 Å². The van der Waals surface area contributed by atoms with Gasteiger partial charge in [0.2, 0.25) is 5.91 Å². The van der Waals surface area contributed by atoms with Crippen LogP contribution in [0.4, 0.5) is 0 Å². The predicted octanol–water partition coefficient (Wildman–Crippen LogP) is 0.0573. The third kappa shape index (κ3) is 4.67. The van der Waals surface area contributed by atoms with Crippen molar-refractivity contribution in [2.45, 2.75) is 31.4 Å². The summed E-state index contributed by atoms with van der Waals surface area (Å²) in [5.74, 6) is 0.258. The van der Waals surface area contributed by atoms with Gasteiger partial charge in [0, 0.05) is 19.6 Å². The number of nitrogens with one attached hydrogen (secondary N) is 1. The summed E-state index contributed by atoms with van der Waals surface area (Å²) in [6, 6.07) is 2.26. The molecule has 0 aromatic carbocycles. The molecule has 2 rings (SSSR count). The first-order chi connectivity index (χ1) is 9.93. The monoisotopic (exact) mass is 294 g/mol. The molecule has 1 heterocycles. The molecule has 0 unspecified atom stereocenters. The maximum atomic E-state index is 12.2. The Morgan fingerprint density at radius 2 is 2.24 bits per heavy atom. The highest BCUT2D eigenvalue weighted by Gasteiger charge is 2.43. The van der Waals surface area contributed by atoms with Crippen LogP contribution < -0.4 is 5.32 Å². The molecule has 21 heavy (non-hydrogen) atoms. The lowest BCUT2D eigenvalue weighted by molar-refractivity contribution is -0.125. The van der Waals surface area contributed by atoms with Crippen molar-refractivity contribution in [1.82, 2.24) is 15.1 Å². The zero-order valence-electron chi connectivity index (χ0n) is 13.3. The zero-order valence-corrected chi connectivity index (χ0v) is 13.3. The summed E-state index contributed by atoms with van der Waals surface area (Å²) in [6.07, 6.45) is 2.21. The molecule has 1 aliphatic heterocycles. The lowest BCUT2D eigenvalue weighted by Crippen LogP contribution is -2.53. The Morgan fingerprint density at radius 3 is 2.81 bits per heavy atom. The van der Waals surface area contributed by atoms with E-state index >= 15 is 0 Å². The molecule has 0 spiro atoms. The van der Waals surface area contributed by atoms with Gasteiger partial charge in [-0.2, -0.15) is 5.26 Å². The molecule has 6 heteroatoms. The Balaban J connectivity index is 1.80. The van der Waals surface area contributed by atoms with E-state index in [2.05, 4.69) is 21.2 Å². The van der Waals surface area contributed by atoms with Gasteiger partial charge in [0.15, 0.2) is 0 Å². The van der Waals surface area contributed by atoms with E-state index in [0.717, 1.165) is 32.5 Å². The van der Waals surface area contributed by atoms with E-state index in [1.807, 2.05) is 21.0 Å². The Hall–Kier alpha value is -1.16. The molecule has 2 atom stereocenters. The molecule has 0 aromatic heterocycles. The molecule has 1 saturated carbocycles. The second-order valence-electron chi connectivity index (χ2n) is 6.63. The molecule has 118 valence electrons. The largest absolute Gasteiger partial charge is 0.374 e. The van der Waals surface area contributed by atoms with E-state index in [-0.39, 0.29) is 12.0 Å². The summed E-state index contributed by atoms with van der Waals surface area (Å²) in [4.78, 5) is 16.4. The summed E-state index contributed by atoms with van der Waals surface area (Å²) in [7, 11) is 4.03. The number of amides is 1. The van der Waals surface area contributed by atoms with Crippen LogP contribution >= 0.6 is 0 Å². The molecule has 2 fully saturated rings. The first kappa shape index (κ1) is 16.2. The van der Waals surface area contributed by atoms with Crippen LogP contribution in [-0.2, 0) is 9.53 Å². The molecule has 1 aliphatic carbocycles. The van der Waals surface area contributed by atoms with Crippen LogP contribution in [0.5, 0.6) is 0 Å². The first-order valence-corrected chi connectivity index (χ1v) is 7.64. The highest BCUT2D eigenvalue weighted by Crippen LogP contribution is 2.39. The van der Waals surface area contributed by atoms with Crippen molar-refractivity contribution in [2.24, 2.45) is 5.92 Å². The average molecular weight is 294 g/mol. The van der Waals surface area contributed by atoms with Crippen LogP contribution in [0.15, 0.2) is 0 Å². The van der Waals surface area contributed by atoms with Crippen molar-refractivity contribution in [2.75, 3.05) is 46.9 Å². The molecule has 0 radical (unpaired) electrons. The fourth-order valence-electron chi connectivity index (χ4n) is 2.86. The van der Waals surface area contributed by atoms with Gasteiger partial charge < -0.3 is 15.0 Å². The molecule has 1 N–H and O–H groups in total. The lowest BCUT2D eigenvalue weighted by atomic mass is 9.98. The van der Waals surface area contributed by atoms with E-state index in [9.17, 15) is 10.1 Å². The van der Waals surface area contributed by atoms with E-state index < -0.39 is 5.54 Å². The molecule has 1 amide bonds. The number of morpholine rings is 1. The number of nitriles is 1. The van der Waals surface area contributed by atoms with Gasteiger partial charge in [-0.15, -0.1) is 0 Å². The standard InChI is InChI=1S/C15H26N4O2/c1-15(11-16,12-4-5-12)17-14(20)10-19-6-7-21-13(9-19)8-18(2)3/h12-13H,4-10H2,1-3H3,(H,17,20)/t13-,15+/m1/s1. The number of hydrogen-bond acceptors (Lipinski definition) is 5. The van der Waals surface area contributed by atoms with Crippen molar-refractivity contribution < 1.29 is 9.53 Å². The summed E-state index contributed by atoms with van der Waals surface area (Å²) in [5, 5.41) is 12.2. The van der Waals surface area contributed by atoms with E-state index in [1.54, 1.807) is 0 Å². The van der Waals surface area contributed by atoms with Gasteiger partial charge in [-0.3, -0.25) is 9.69 Å². The maximum Gasteiger partial charge on any atom is 0.235 e. The van der Waals surface area contributed by atoms with Gasteiger partial charge in [-0.05, 0) is 39.8 Å². The fourth-order valence-corrected chi connectivity index (χ4v) is 2.86. The summed E-state index contributed by atoms with van der Waals surface area (Å²) >= 11 is 0. The first-order valence-electron chi connectivity index (χ1n) is 7.64. The van der Waals surface area contributed by atoms with Gasteiger partial charge in [0.05, 0.1) is 25.3 Å². The lowest BCUT2D eigenvalue weighted by Gasteiger charge is -2.34. The van der Waals surface area contributed by atoms with Crippen molar-refractivity contribution >= 4 is 5.91 Å². The Labute approximate surface area is 127 Å². The van der Waals surface area contributed by atoms with Crippen LogP contribution in [-0.4, -0.2) is 74.2 Å². The minimum Gasteiger partial charge on any atom is -0.374 e. The normalized spacial score (nSPS) is 26.1. The van der Waals surface area contributed by atoms with Crippen LogP contribution in [0, 0.1) is 17.2 Å². The van der Waals surface area contributed by atoms with Crippen LogP contribution in [0.25, 0.3) is 0 Å². The van der Waals surface area contributed by atoms with Gasteiger partial charge >= 0.3 is 0 Å².